The van der Waals surface area contributed by atoms with Crippen LogP contribution < -0.4 is 0 Å². The van der Waals surface area contributed by atoms with Crippen molar-refractivity contribution in [1.29, 1.82) is 0 Å². The molecular weight excluding hydrogens is 528 g/mol. The fourth-order valence-corrected chi connectivity index (χ4v) is 10.1. The highest BCUT2D eigenvalue weighted by Crippen LogP contribution is 2.67. The standard InChI is InChI=1S/C44H38/c1-41(2)27-17-12-18-28-35(27)37-31(41)21-34-40-38-32(22-33(39(37)40)42(28,3)4)43(5,6)29-19-24(20-30(36(29)38)44(34,7)8)26-16-11-14-23-13-9-10-15-25(23)26/h9-22H,1-8H3. The lowest BCUT2D eigenvalue weighted by Gasteiger charge is -2.40. The summed E-state index contributed by atoms with van der Waals surface area (Å²) in [6.45, 7) is 19.8. The molecule has 6 aromatic carbocycles. The molecular formula is C44H38. The zero-order valence-electron chi connectivity index (χ0n) is 27.1. The van der Waals surface area contributed by atoms with E-state index in [4.69, 9.17) is 0 Å². The second-order valence-corrected chi connectivity index (χ2v) is 16.1. The number of hydrogen-bond acceptors (Lipinski definition) is 0. The second kappa shape index (κ2) is 7.21. The van der Waals surface area contributed by atoms with Gasteiger partial charge in [0.15, 0.2) is 0 Å². The summed E-state index contributed by atoms with van der Waals surface area (Å²) in [5.74, 6) is 0. The van der Waals surface area contributed by atoms with E-state index in [9.17, 15) is 0 Å². The van der Waals surface area contributed by atoms with Gasteiger partial charge in [-0.3, -0.25) is 0 Å². The van der Waals surface area contributed by atoms with Gasteiger partial charge in [0, 0.05) is 21.7 Å². The fraction of sp³-hybridized carbons (Fsp3) is 0.273. The first-order chi connectivity index (χ1) is 20.9. The Morgan fingerprint density at radius 3 is 1.41 bits per heavy atom. The van der Waals surface area contributed by atoms with E-state index in [1.54, 1.807) is 0 Å². The van der Waals surface area contributed by atoms with Crippen molar-refractivity contribution >= 4 is 21.5 Å². The highest BCUT2D eigenvalue weighted by molar-refractivity contribution is 6.18. The molecule has 0 nitrogen and oxygen atoms in total. The minimum atomic E-state index is -0.141. The molecule has 0 atom stereocenters. The molecule has 214 valence electrons. The van der Waals surface area contributed by atoms with E-state index >= 15 is 0 Å². The Bertz CT molecular complexity index is 2360. The summed E-state index contributed by atoms with van der Waals surface area (Å²) in [5, 5.41) is 5.70. The van der Waals surface area contributed by atoms with Gasteiger partial charge in [0.05, 0.1) is 0 Å². The van der Waals surface area contributed by atoms with E-state index in [-0.39, 0.29) is 21.7 Å². The Kier molecular flexibility index (Phi) is 4.13. The molecule has 0 amide bonds. The molecule has 0 fully saturated rings. The van der Waals surface area contributed by atoms with Crippen LogP contribution in [0.25, 0.3) is 54.9 Å². The van der Waals surface area contributed by atoms with Crippen LogP contribution in [0.15, 0.2) is 84.9 Å². The fourth-order valence-electron chi connectivity index (χ4n) is 10.1. The average Bonchev–Trinajstić information content (AvgIpc) is 3.37. The highest BCUT2D eigenvalue weighted by Gasteiger charge is 2.51. The van der Waals surface area contributed by atoms with Crippen LogP contribution >= 0.6 is 0 Å². The first-order valence-corrected chi connectivity index (χ1v) is 16.4. The van der Waals surface area contributed by atoms with Crippen molar-refractivity contribution < 1.29 is 0 Å². The third-order valence-electron chi connectivity index (χ3n) is 12.6. The lowest BCUT2D eigenvalue weighted by Crippen LogP contribution is -2.28. The quantitative estimate of drug-likeness (QED) is 0.186. The Hall–Kier alpha value is -4.16. The van der Waals surface area contributed by atoms with Gasteiger partial charge in [0.25, 0.3) is 0 Å². The van der Waals surface area contributed by atoms with Gasteiger partial charge in [-0.05, 0) is 112 Å². The van der Waals surface area contributed by atoms with Crippen LogP contribution in [0.4, 0.5) is 0 Å². The smallest absolute Gasteiger partial charge is 0.0159 e. The zero-order valence-corrected chi connectivity index (χ0v) is 27.1. The van der Waals surface area contributed by atoms with Crippen molar-refractivity contribution in [2.75, 3.05) is 0 Å². The van der Waals surface area contributed by atoms with Crippen LogP contribution in [0, 0.1) is 0 Å². The summed E-state index contributed by atoms with van der Waals surface area (Å²) in [6.07, 6.45) is 0. The van der Waals surface area contributed by atoms with Crippen molar-refractivity contribution in [1.82, 2.24) is 0 Å². The molecule has 4 aliphatic carbocycles. The maximum Gasteiger partial charge on any atom is 0.0159 e. The predicted molar refractivity (Wildman–Crippen MR) is 186 cm³/mol. The summed E-state index contributed by atoms with van der Waals surface area (Å²) < 4.78 is 0. The van der Waals surface area contributed by atoms with Gasteiger partial charge >= 0.3 is 0 Å². The van der Waals surface area contributed by atoms with Crippen LogP contribution in [-0.2, 0) is 21.7 Å². The van der Waals surface area contributed by atoms with Gasteiger partial charge in [-0.15, -0.1) is 0 Å². The first kappa shape index (κ1) is 25.2. The van der Waals surface area contributed by atoms with E-state index in [0.29, 0.717) is 0 Å². The second-order valence-electron chi connectivity index (χ2n) is 16.1. The van der Waals surface area contributed by atoms with Crippen molar-refractivity contribution in [2.24, 2.45) is 0 Å². The van der Waals surface area contributed by atoms with Gasteiger partial charge in [-0.2, -0.15) is 0 Å². The maximum atomic E-state index is 2.64. The van der Waals surface area contributed by atoms with Crippen LogP contribution in [0.2, 0.25) is 0 Å². The molecule has 0 radical (unpaired) electrons. The van der Waals surface area contributed by atoms with Gasteiger partial charge in [0.2, 0.25) is 0 Å². The number of fused-ring (bicyclic) bond motifs is 1. The van der Waals surface area contributed by atoms with Crippen LogP contribution in [0.3, 0.4) is 0 Å². The van der Waals surface area contributed by atoms with Crippen molar-refractivity contribution in [2.45, 2.75) is 77.0 Å². The van der Waals surface area contributed by atoms with Crippen molar-refractivity contribution in [3.63, 3.8) is 0 Å². The van der Waals surface area contributed by atoms with E-state index in [2.05, 4.69) is 140 Å². The van der Waals surface area contributed by atoms with E-state index < -0.39 is 0 Å². The maximum absolute atomic E-state index is 2.64. The summed E-state index contributed by atoms with van der Waals surface area (Å²) in [5.41, 5.74) is 20.4. The van der Waals surface area contributed by atoms with Crippen LogP contribution in [0.5, 0.6) is 0 Å². The van der Waals surface area contributed by atoms with Gasteiger partial charge in [-0.1, -0.05) is 128 Å². The van der Waals surface area contributed by atoms with Gasteiger partial charge < -0.3 is 0 Å². The summed E-state index contributed by atoms with van der Waals surface area (Å²) in [7, 11) is 0. The highest BCUT2D eigenvalue weighted by atomic mass is 14.5. The Balaban J connectivity index is 1.40. The lowest BCUT2D eigenvalue weighted by atomic mass is 9.62. The Morgan fingerprint density at radius 2 is 0.795 bits per heavy atom. The third kappa shape index (κ3) is 2.52. The summed E-state index contributed by atoms with van der Waals surface area (Å²) in [4.78, 5) is 0. The molecule has 0 heteroatoms. The molecule has 0 bridgehead atoms. The van der Waals surface area contributed by atoms with E-state index in [1.807, 2.05) is 0 Å². The Morgan fingerprint density at radius 1 is 0.364 bits per heavy atom. The molecule has 0 spiro atoms. The zero-order chi connectivity index (χ0) is 30.3. The molecule has 0 saturated carbocycles. The first-order valence-electron chi connectivity index (χ1n) is 16.4. The van der Waals surface area contributed by atoms with Crippen LogP contribution in [0.1, 0.15) is 99.9 Å². The van der Waals surface area contributed by atoms with Crippen molar-refractivity contribution in [3.05, 3.63) is 129 Å². The summed E-state index contributed by atoms with van der Waals surface area (Å²) >= 11 is 0. The normalized spacial score (nSPS) is 19.2. The molecule has 44 heavy (non-hydrogen) atoms. The molecule has 0 heterocycles. The molecule has 0 unspecified atom stereocenters. The monoisotopic (exact) mass is 566 g/mol. The van der Waals surface area contributed by atoms with Gasteiger partial charge in [-0.25, -0.2) is 0 Å². The minimum Gasteiger partial charge on any atom is -0.0616 e. The van der Waals surface area contributed by atoms with Gasteiger partial charge in [0.1, 0.15) is 0 Å². The number of hydrogen-bond donors (Lipinski definition) is 0. The number of rotatable bonds is 1. The molecule has 4 aliphatic rings. The third-order valence-corrected chi connectivity index (χ3v) is 12.6. The molecule has 6 aromatic rings. The predicted octanol–water partition coefficient (Wildman–Crippen LogP) is 11.6. The minimum absolute atomic E-state index is 0.0341. The van der Waals surface area contributed by atoms with Crippen LogP contribution in [-0.4, -0.2) is 0 Å². The average molecular weight is 567 g/mol. The largest absolute Gasteiger partial charge is 0.0616 e. The SMILES string of the molecule is CC1(C)c2cccc3c2-c2c1cc1c4c5c(cc(c24)C3(C)C)C(C)(C)c2cc(-c3cccc4ccccc34)cc(c2-5)C1(C)C. The Labute approximate surface area is 260 Å². The van der Waals surface area contributed by atoms with Crippen molar-refractivity contribution in [3.8, 4) is 33.4 Å². The molecule has 0 aromatic heterocycles. The molecule has 0 saturated heterocycles. The molecule has 10 rings (SSSR count). The molecule has 0 aliphatic heterocycles. The molecule has 0 N–H and O–H groups in total. The van der Waals surface area contributed by atoms with E-state index in [0.717, 1.165) is 0 Å². The lowest BCUT2D eigenvalue weighted by molar-refractivity contribution is 0.625. The summed E-state index contributed by atoms with van der Waals surface area (Å²) in [6, 6.07) is 33.1. The topological polar surface area (TPSA) is 0 Å². The number of benzene rings is 6. The van der Waals surface area contributed by atoms with E-state index in [1.165, 1.54) is 99.4 Å².